The summed E-state index contributed by atoms with van der Waals surface area (Å²) in [5.74, 6) is 0.985. The molecule has 0 aromatic carbocycles. The van der Waals surface area contributed by atoms with Gasteiger partial charge in [-0.2, -0.15) is 0 Å². The van der Waals surface area contributed by atoms with Crippen molar-refractivity contribution in [2.24, 2.45) is 23.7 Å². The van der Waals surface area contributed by atoms with Gasteiger partial charge in [-0.1, -0.05) is 364 Å². The third-order valence-corrected chi connectivity index (χ3v) is 21.1. The van der Waals surface area contributed by atoms with E-state index in [2.05, 4.69) is 55.4 Å². The first-order chi connectivity index (χ1) is 48.1. The zero-order valence-electron chi connectivity index (χ0n) is 65.8. The predicted molar refractivity (Wildman–Crippen MR) is 409 cm³/mol. The number of carbonyl (C=O) groups excluding carboxylic acids is 4. The molecule has 3 N–H and O–H groups in total. The molecule has 0 aliphatic rings. The first-order valence-electron chi connectivity index (χ1n) is 41.7. The maximum Gasteiger partial charge on any atom is 0.472 e. The Labute approximate surface area is 613 Å². The van der Waals surface area contributed by atoms with Crippen molar-refractivity contribution in [3.05, 3.63) is 0 Å². The van der Waals surface area contributed by atoms with Crippen LogP contribution in [0.15, 0.2) is 0 Å². The number of carbonyl (C=O) groups is 4. The maximum atomic E-state index is 13.1. The van der Waals surface area contributed by atoms with Gasteiger partial charge in [0.05, 0.1) is 26.4 Å². The Bertz CT molecular complexity index is 1960. The van der Waals surface area contributed by atoms with Crippen molar-refractivity contribution in [3.8, 4) is 0 Å². The molecule has 0 fully saturated rings. The van der Waals surface area contributed by atoms with Crippen LogP contribution in [0.2, 0.25) is 0 Å². The van der Waals surface area contributed by atoms with Crippen LogP contribution >= 0.6 is 15.6 Å². The Balaban J connectivity index is 5.21. The lowest BCUT2D eigenvalue weighted by Gasteiger charge is -2.21. The second kappa shape index (κ2) is 70.1. The number of phosphoric ester groups is 2. The lowest BCUT2D eigenvalue weighted by Crippen LogP contribution is -2.30. The lowest BCUT2D eigenvalue weighted by atomic mass is 9.99. The molecule has 0 saturated carbocycles. The Morgan fingerprint density at radius 2 is 0.480 bits per heavy atom. The van der Waals surface area contributed by atoms with Crippen molar-refractivity contribution in [1.82, 2.24) is 0 Å². The zero-order valence-corrected chi connectivity index (χ0v) is 67.6. The van der Waals surface area contributed by atoms with Crippen LogP contribution in [0.1, 0.15) is 415 Å². The molecule has 4 unspecified atom stereocenters. The third kappa shape index (κ3) is 73.0. The van der Waals surface area contributed by atoms with E-state index >= 15 is 0 Å². The highest BCUT2D eigenvalue weighted by atomic mass is 31.2. The van der Waals surface area contributed by atoms with Gasteiger partial charge in [0.25, 0.3) is 0 Å². The number of aliphatic hydroxyl groups excluding tert-OH is 1. The fraction of sp³-hybridized carbons (Fsp3) is 0.951. The second-order valence-corrected chi connectivity index (χ2v) is 33.7. The Kier molecular flexibility index (Phi) is 68.7. The molecule has 0 radical (unpaired) electrons. The van der Waals surface area contributed by atoms with Crippen molar-refractivity contribution in [1.29, 1.82) is 0 Å². The van der Waals surface area contributed by atoms with Crippen molar-refractivity contribution < 1.29 is 80.2 Å². The molecule has 17 nitrogen and oxygen atoms in total. The topological polar surface area (TPSA) is 237 Å². The molecule has 0 aliphatic carbocycles. The Hall–Kier alpha value is -1.94. The van der Waals surface area contributed by atoms with E-state index in [-0.39, 0.29) is 25.7 Å². The molecule has 0 amide bonds. The third-order valence-electron chi connectivity index (χ3n) is 19.2. The summed E-state index contributed by atoms with van der Waals surface area (Å²) >= 11 is 0. The highest BCUT2D eigenvalue weighted by molar-refractivity contribution is 7.47. The SMILES string of the molecule is CCC(C)CCCCCCCCCCC(=O)OC[C@H](COP(=O)(O)OCC(O)COP(=O)(O)OC[C@@H](COC(=O)CCCCCCCCCC(C)C)OC(=O)CCCCCCCCCCCCCCCCCCC(C)C)OC(=O)CCCCCCCCCCCCCCCCCCC(C)C. The quantitative estimate of drug-likeness (QED) is 0.0222. The second-order valence-electron chi connectivity index (χ2n) is 30.8. The number of aliphatic hydroxyl groups is 1. The molecule has 0 spiro atoms. The van der Waals surface area contributed by atoms with E-state index in [1.54, 1.807) is 0 Å². The largest absolute Gasteiger partial charge is 0.472 e. The predicted octanol–water partition coefficient (Wildman–Crippen LogP) is 24.0. The summed E-state index contributed by atoms with van der Waals surface area (Å²) in [6.07, 6.45) is 57.0. The van der Waals surface area contributed by atoms with Gasteiger partial charge in [0, 0.05) is 25.7 Å². The normalized spacial score (nSPS) is 14.3. The standard InChI is InChI=1S/C81H158O17P2/c1-9-74(8)60-52-44-36-30-31-37-45-53-61-78(83)91-67-76(97-80(85)63-55-47-38-28-24-20-16-12-10-14-18-22-26-33-41-49-57-71(2)3)69-95-99(87,88)93-65-75(82)66-94-100(89,90)96-70-77(68-92-79(84)62-54-46-40-32-35-43-51-59-73(6)7)98-81(86)64-56-48-39-29-25-21-17-13-11-15-19-23-27-34-42-50-58-72(4)5/h71-77,82H,9-70H2,1-8H3,(H,87,88)(H,89,90)/t74?,75?,76-,77-/m1/s1. The summed E-state index contributed by atoms with van der Waals surface area (Å²) in [7, 11) is -9.92. The van der Waals surface area contributed by atoms with E-state index in [9.17, 15) is 43.2 Å². The molecule has 0 bridgehead atoms. The number of rotatable bonds is 78. The number of ether oxygens (including phenoxy) is 4. The number of esters is 4. The number of hydrogen-bond acceptors (Lipinski definition) is 15. The summed E-state index contributed by atoms with van der Waals surface area (Å²) in [6.45, 7) is 14.2. The number of phosphoric acid groups is 2. The van der Waals surface area contributed by atoms with E-state index in [1.807, 2.05) is 0 Å². The molecular weight excluding hydrogens is 1310 g/mol. The molecule has 0 saturated heterocycles. The molecule has 594 valence electrons. The van der Waals surface area contributed by atoms with Gasteiger partial charge in [-0.05, 0) is 49.4 Å². The number of hydrogen-bond donors (Lipinski definition) is 3. The molecule has 0 aliphatic heterocycles. The average Bonchev–Trinajstić information content (AvgIpc) is 0.926. The van der Waals surface area contributed by atoms with E-state index in [0.29, 0.717) is 31.6 Å². The summed E-state index contributed by atoms with van der Waals surface area (Å²) in [4.78, 5) is 73.0. The van der Waals surface area contributed by atoms with Gasteiger partial charge in [0.1, 0.15) is 19.3 Å². The highest BCUT2D eigenvalue weighted by Gasteiger charge is 2.30. The van der Waals surface area contributed by atoms with Gasteiger partial charge in [0.15, 0.2) is 12.2 Å². The maximum absolute atomic E-state index is 13.1. The Morgan fingerprint density at radius 3 is 0.710 bits per heavy atom. The summed E-state index contributed by atoms with van der Waals surface area (Å²) < 4.78 is 68.7. The molecular formula is C81H158O17P2. The minimum Gasteiger partial charge on any atom is -0.462 e. The van der Waals surface area contributed by atoms with Crippen LogP contribution < -0.4 is 0 Å². The molecule has 6 atom stereocenters. The molecule has 19 heteroatoms. The lowest BCUT2D eigenvalue weighted by molar-refractivity contribution is -0.161. The van der Waals surface area contributed by atoms with E-state index in [4.69, 9.17) is 37.0 Å². The fourth-order valence-electron chi connectivity index (χ4n) is 12.4. The van der Waals surface area contributed by atoms with Gasteiger partial charge < -0.3 is 33.8 Å². The summed E-state index contributed by atoms with van der Waals surface area (Å²) in [6, 6.07) is 0. The van der Waals surface area contributed by atoms with E-state index in [0.717, 1.165) is 114 Å². The van der Waals surface area contributed by atoms with Crippen LogP contribution in [-0.2, 0) is 65.4 Å². The van der Waals surface area contributed by atoms with Crippen molar-refractivity contribution in [2.75, 3.05) is 39.6 Å². The molecule has 100 heavy (non-hydrogen) atoms. The Morgan fingerprint density at radius 1 is 0.280 bits per heavy atom. The molecule has 0 aromatic rings. The fourth-order valence-corrected chi connectivity index (χ4v) is 14.0. The van der Waals surface area contributed by atoms with Crippen LogP contribution in [-0.4, -0.2) is 96.7 Å². The van der Waals surface area contributed by atoms with Crippen LogP contribution in [0.5, 0.6) is 0 Å². The first kappa shape index (κ1) is 98.1. The van der Waals surface area contributed by atoms with Gasteiger partial charge in [-0.3, -0.25) is 37.3 Å². The molecule has 0 heterocycles. The number of unbranched alkanes of at least 4 members (excludes halogenated alkanes) is 43. The van der Waals surface area contributed by atoms with Crippen molar-refractivity contribution in [2.45, 2.75) is 433 Å². The zero-order chi connectivity index (χ0) is 73.8. The summed E-state index contributed by atoms with van der Waals surface area (Å²) in [5, 5.41) is 10.6. The van der Waals surface area contributed by atoms with Gasteiger partial charge in [0.2, 0.25) is 0 Å². The summed E-state index contributed by atoms with van der Waals surface area (Å²) in [5.41, 5.74) is 0. The average molecular weight is 1470 g/mol. The smallest absolute Gasteiger partial charge is 0.462 e. The minimum absolute atomic E-state index is 0.107. The van der Waals surface area contributed by atoms with E-state index in [1.165, 1.54) is 212 Å². The first-order valence-corrected chi connectivity index (χ1v) is 44.7. The molecule has 0 rings (SSSR count). The van der Waals surface area contributed by atoms with Crippen molar-refractivity contribution in [3.63, 3.8) is 0 Å². The van der Waals surface area contributed by atoms with Gasteiger partial charge in [-0.25, -0.2) is 9.13 Å². The monoisotopic (exact) mass is 1470 g/mol. The van der Waals surface area contributed by atoms with Crippen LogP contribution in [0.3, 0.4) is 0 Å². The van der Waals surface area contributed by atoms with Gasteiger partial charge in [-0.15, -0.1) is 0 Å². The minimum atomic E-state index is -4.96. The highest BCUT2D eigenvalue weighted by Crippen LogP contribution is 2.45. The van der Waals surface area contributed by atoms with Crippen molar-refractivity contribution >= 4 is 39.5 Å². The van der Waals surface area contributed by atoms with Gasteiger partial charge >= 0.3 is 39.5 Å². The van der Waals surface area contributed by atoms with Crippen LogP contribution in [0.25, 0.3) is 0 Å². The van der Waals surface area contributed by atoms with Crippen LogP contribution in [0.4, 0.5) is 0 Å². The van der Waals surface area contributed by atoms with E-state index < -0.39 is 97.5 Å². The van der Waals surface area contributed by atoms with Crippen LogP contribution in [0, 0.1) is 23.7 Å². The molecule has 0 aromatic heterocycles.